The number of aliphatic carboxylic acids is 4. The van der Waals surface area contributed by atoms with Crippen LogP contribution in [0.2, 0.25) is 0 Å². The highest BCUT2D eigenvalue weighted by molar-refractivity contribution is 5.85. The Balaban J connectivity index is -0.000000218. The summed E-state index contributed by atoms with van der Waals surface area (Å²) in [5.74, 6) is -4.31. The zero-order valence-electron chi connectivity index (χ0n) is 8.66. The van der Waals surface area contributed by atoms with Crippen molar-refractivity contribution in [2.45, 2.75) is 25.7 Å². The summed E-state index contributed by atoms with van der Waals surface area (Å²) < 4.78 is 0. The number of carboxylic acids is 4. The second-order valence-electron chi connectivity index (χ2n) is 2.57. The van der Waals surface area contributed by atoms with Crippen LogP contribution in [-0.2, 0) is 19.2 Å². The summed E-state index contributed by atoms with van der Waals surface area (Å²) in [7, 11) is 0. The maximum Gasteiger partial charge on any atom is 0.303 e. The van der Waals surface area contributed by atoms with Gasteiger partial charge in [-0.25, -0.2) is 0 Å². The van der Waals surface area contributed by atoms with E-state index in [9.17, 15) is 19.2 Å². The van der Waals surface area contributed by atoms with Crippen LogP contribution in [0.4, 0.5) is 0 Å². The van der Waals surface area contributed by atoms with Crippen LogP contribution in [0.1, 0.15) is 25.7 Å². The molecule has 17 heavy (non-hydrogen) atoms. The van der Waals surface area contributed by atoms with Gasteiger partial charge in [0.25, 0.3) is 0 Å². The van der Waals surface area contributed by atoms with Crippen molar-refractivity contribution in [3.63, 3.8) is 0 Å². The van der Waals surface area contributed by atoms with Crippen LogP contribution in [0, 0.1) is 0 Å². The van der Waals surface area contributed by atoms with Gasteiger partial charge in [-0.15, -0.1) is 12.4 Å². The molecule has 0 amide bonds. The minimum Gasteiger partial charge on any atom is -0.481 e. The molecule has 0 aliphatic carbocycles. The third kappa shape index (κ3) is 31.4. The average Bonchev–Trinajstić information content (AvgIpc) is 2.12. The van der Waals surface area contributed by atoms with Gasteiger partial charge in [-0.05, 0) is 0 Å². The first-order valence-electron chi connectivity index (χ1n) is 4.13. The molecule has 4 N–H and O–H groups in total. The van der Waals surface area contributed by atoms with E-state index in [0.29, 0.717) is 0 Å². The average molecular weight is 273 g/mol. The summed E-state index contributed by atoms with van der Waals surface area (Å²) in [6, 6.07) is 0. The normalized spacial score (nSPS) is 8.00. The molecule has 0 spiro atoms. The molecule has 0 fully saturated rings. The van der Waals surface area contributed by atoms with Crippen LogP contribution in [-0.4, -0.2) is 44.3 Å². The maximum absolute atomic E-state index is 9.64. The van der Waals surface area contributed by atoms with Gasteiger partial charge < -0.3 is 20.4 Å². The number of hydrogen-bond acceptors (Lipinski definition) is 4. The summed E-state index contributed by atoms with van der Waals surface area (Å²) >= 11 is 0. The van der Waals surface area contributed by atoms with Gasteiger partial charge in [0, 0.05) is 0 Å². The Bertz CT molecular complexity index is 219. The Labute approximate surface area is 102 Å². The molecule has 0 aliphatic rings. The lowest BCUT2D eigenvalue weighted by atomic mass is 10.3. The fourth-order valence-corrected chi connectivity index (χ4v) is 0.428. The number of carbonyl (C=O) groups is 4. The van der Waals surface area contributed by atoms with Crippen molar-refractivity contribution in [2.24, 2.45) is 0 Å². The summed E-state index contributed by atoms with van der Waals surface area (Å²) in [5.41, 5.74) is 0. The molecular formula is C8H13ClO8. The van der Waals surface area contributed by atoms with Crippen LogP contribution < -0.4 is 0 Å². The van der Waals surface area contributed by atoms with E-state index < -0.39 is 23.9 Å². The van der Waals surface area contributed by atoms with E-state index in [4.69, 9.17) is 20.4 Å². The molecule has 0 aromatic carbocycles. The highest BCUT2D eigenvalue weighted by Crippen LogP contribution is 1.86. The lowest BCUT2D eigenvalue weighted by Crippen LogP contribution is -2.00. The van der Waals surface area contributed by atoms with Crippen molar-refractivity contribution in [1.29, 1.82) is 0 Å². The van der Waals surface area contributed by atoms with Gasteiger partial charge in [0.1, 0.15) is 0 Å². The Morgan fingerprint density at radius 3 is 0.706 bits per heavy atom. The van der Waals surface area contributed by atoms with E-state index in [0.717, 1.165) is 0 Å². The van der Waals surface area contributed by atoms with Crippen molar-refractivity contribution in [3.8, 4) is 0 Å². The maximum atomic E-state index is 9.64. The van der Waals surface area contributed by atoms with Gasteiger partial charge in [-0.2, -0.15) is 0 Å². The van der Waals surface area contributed by atoms with E-state index in [1.54, 1.807) is 0 Å². The van der Waals surface area contributed by atoms with Gasteiger partial charge in [-0.1, -0.05) is 0 Å². The van der Waals surface area contributed by atoms with Crippen LogP contribution in [0.3, 0.4) is 0 Å². The second-order valence-corrected chi connectivity index (χ2v) is 2.57. The van der Waals surface area contributed by atoms with Crippen LogP contribution in [0.5, 0.6) is 0 Å². The third-order valence-corrected chi connectivity index (χ3v) is 1.11. The molecule has 0 bridgehead atoms. The molecule has 0 rings (SSSR count). The highest BCUT2D eigenvalue weighted by atomic mass is 35.5. The molecule has 0 unspecified atom stereocenters. The molecular weight excluding hydrogens is 260 g/mol. The van der Waals surface area contributed by atoms with E-state index in [1.165, 1.54) is 0 Å². The monoisotopic (exact) mass is 272 g/mol. The lowest BCUT2D eigenvalue weighted by molar-refractivity contribution is -0.143. The molecule has 0 aliphatic heterocycles. The largest absolute Gasteiger partial charge is 0.481 e. The molecule has 0 aromatic heterocycles. The SMILES string of the molecule is Cl.O=C(O)CCC(=O)O.O=C(O)CCC(=O)O. The molecule has 0 heterocycles. The first-order valence-corrected chi connectivity index (χ1v) is 4.13. The smallest absolute Gasteiger partial charge is 0.303 e. The fourth-order valence-electron chi connectivity index (χ4n) is 0.428. The number of halogens is 1. The van der Waals surface area contributed by atoms with Gasteiger partial charge in [0.15, 0.2) is 0 Å². The predicted molar refractivity (Wildman–Crippen MR) is 56.3 cm³/mol. The van der Waals surface area contributed by atoms with E-state index in [2.05, 4.69) is 0 Å². The van der Waals surface area contributed by atoms with E-state index in [1.807, 2.05) is 0 Å². The molecule has 0 saturated carbocycles. The van der Waals surface area contributed by atoms with Gasteiger partial charge in [0.2, 0.25) is 0 Å². The number of hydrogen-bond donors (Lipinski definition) is 4. The summed E-state index contributed by atoms with van der Waals surface area (Å²) in [6.45, 7) is 0. The van der Waals surface area contributed by atoms with Crippen molar-refractivity contribution in [1.82, 2.24) is 0 Å². The van der Waals surface area contributed by atoms with Crippen LogP contribution in [0.15, 0.2) is 0 Å². The summed E-state index contributed by atoms with van der Waals surface area (Å²) in [6.07, 6.45) is -1.19. The second kappa shape index (κ2) is 12.2. The molecule has 9 heteroatoms. The Hall–Kier alpha value is -1.83. The molecule has 0 atom stereocenters. The minimum absolute atomic E-state index is 0. The van der Waals surface area contributed by atoms with Crippen molar-refractivity contribution in [3.05, 3.63) is 0 Å². The number of carboxylic acid groups (broad SMARTS) is 4. The Morgan fingerprint density at radius 2 is 0.647 bits per heavy atom. The molecule has 0 aromatic rings. The van der Waals surface area contributed by atoms with Gasteiger partial charge in [-0.3, -0.25) is 19.2 Å². The Morgan fingerprint density at radius 1 is 0.529 bits per heavy atom. The van der Waals surface area contributed by atoms with Crippen molar-refractivity contribution < 1.29 is 39.6 Å². The molecule has 100 valence electrons. The fraction of sp³-hybridized carbons (Fsp3) is 0.500. The van der Waals surface area contributed by atoms with Crippen molar-refractivity contribution in [2.75, 3.05) is 0 Å². The van der Waals surface area contributed by atoms with Gasteiger partial charge in [0.05, 0.1) is 25.7 Å². The van der Waals surface area contributed by atoms with Crippen LogP contribution in [0.25, 0.3) is 0 Å². The van der Waals surface area contributed by atoms with Crippen molar-refractivity contribution >= 4 is 36.3 Å². The molecule has 8 nitrogen and oxygen atoms in total. The quantitative estimate of drug-likeness (QED) is 0.539. The van der Waals surface area contributed by atoms with Gasteiger partial charge >= 0.3 is 23.9 Å². The summed E-state index contributed by atoms with van der Waals surface area (Å²) in [4.78, 5) is 38.6. The Kier molecular flexibility index (Phi) is 14.8. The summed E-state index contributed by atoms with van der Waals surface area (Å²) in [5, 5.41) is 31.6. The first kappa shape index (κ1) is 20.6. The standard InChI is InChI=1S/2C4H6O4.ClH/c2*5-3(6)1-2-4(7)8;/h2*1-2H2,(H,5,6)(H,7,8);1H. The first-order chi connectivity index (χ1) is 7.25. The zero-order valence-corrected chi connectivity index (χ0v) is 9.48. The highest BCUT2D eigenvalue weighted by Gasteiger charge is 2.00. The zero-order chi connectivity index (χ0) is 13.1. The topological polar surface area (TPSA) is 149 Å². The minimum atomic E-state index is -1.08. The van der Waals surface area contributed by atoms with Crippen LogP contribution >= 0.6 is 12.4 Å². The molecule has 0 saturated heterocycles. The third-order valence-electron chi connectivity index (χ3n) is 1.11. The lowest BCUT2D eigenvalue weighted by Gasteiger charge is -1.85. The number of rotatable bonds is 6. The predicted octanol–water partition coefficient (Wildman–Crippen LogP) is 0.293. The van der Waals surface area contributed by atoms with E-state index >= 15 is 0 Å². The molecule has 0 radical (unpaired) electrons. The van der Waals surface area contributed by atoms with E-state index in [-0.39, 0.29) is 38.1 Å².